The predicted octanol–water partition coefficient (Wildman–Crippen LogP) is 4.06. The van der Waals surface area contributed by atoms with Gasteiger partial charge in [0.05, 0.1) is 26.3 Å². The van der Waals surface area contributed by atoms with E-state index in [-0.39, 0.29) is 11.9 Å². The van der Waals surface area contributed by atoms with Crippen molar-refractivity contribution in [3.05, 3.63) is 58.6 Å². The Morgan fingerprint density at radius 3 is 2.67 bits per heavy atom. The van der Waals surface area contributed by atoms with Crippen molar-refractivity contribution in [3.8, 4) is 11.5 Å². The zero-order chi connectivity index (χ0) is 19.8. The van der Waals surface area contributed by atoms with Gasteiger partial charge in [-0.05, 0) is 56.3 Å². The second-order valence-corrected chi connectivity index (χ2v) is 6.87. The third kappa shape index (κ3) is 6.45. The van der Waals surface area contributed by atoms with Gasteiger partial charge >= 0.3 is 0 Å². The van der Waals surface area contributed by atoms with Crippen LogP contribution in [0.4, 0.5) is 0 Å². The highest BCUT2D eigenvalue weighted by molar-refractivity contribution is 6.30. The Hall–Kier alpha value is -2.24. The van der Waals surface area contributed by atoms with E-state index >= 15 is 0 Å². The van der Waals surface area contributed by atoms with E-state index in [0.717, 1.165) is 16.9 Å². The predicted molar refractivity (Wildman–Crippen MR) is 109 cm³/mol. The van der Waals surface area contributed by atoms with E-state index in [1.54, 1.807) is 7.11 Å². The third-order valence-corrected chi connectivity index (χ3v) is 4.36. The smallest absolute Gasteiger partial charge is 0.234 e. The minimum absolute atomic E-state index is 0.0390. The molecule has 2 aromatic carbocycles. The summed E-state index contributed by atoms with van der Waals surface area (Å²) in [6.45, 7) is 5.38. The van der Waals surface area contributed by atoms with E-state index in [9.17, 15) is 4.79 Å². The van der Waals surface area contributed by atoms with E-state index < -0.39 is 0 Å². The molecular formula is C21H27ClN2O3. The first-order valence-electron chi connectivity index (χ1n) is 8.96. The van der Waals surface area contributed by atoms with Crippen LogP contribution in [0.1, 0.15) is 31.0 Å². The second kappa shape index (κ2) is 10.2. The molecule has 0 heterocycles. The molecule has 1 amide bonds. The minimum atomic E-state index is -0.102. The van der Waals surface area contributed by atoms with Gasteiger partial charge in [-0.15, -0.1) is 0 Å². The Morgan fingerprint density at radius 2 is 2.00 bits per heavy atom. The van der Waals surface area contributed by atoms with Crippen molar-refractivity contribution >= 4 is 17.5 Å². The van der Waals surface area contributed by atoms with Gasteiger partial charge in [-0.25, -0.2) is 0 Å². The molecule has 0 saturated heterocycles. The number of carbonyl (C=O) groups is 1. The first-order chi connectivity index (χ1) is 12.9. The van der Waals surface area contributed by atoms with Gasteiger partial charge in [0.25, 0.3) is 0 Å². The zero-order valence-corrected chi connectivity index (χ0v) is 17.0. The highest BCUT2D eigenvalue weighted by atomic mass is 35.5. The average molecular weight is 391 g/mol. The molecule has 0 aliphatic carbocycles. The van der Waals surface area contributed by atoms with Gasteiger partial charge in [-0.1, -0.05) is 29.8 Å². The highest BCUT2D eigenvalue weighted by Crippen LogP contribution is 2.28. The van der Waals surface area contributed by atoms with Crippen LogP contribution in [-0.4, -0.2) is 38.1 Å². The van der Waals surface area contributed by atoms with Crippen LogP contribution in [0.3, 0.4) is 0 Å². The molecule has 1 N–H and O–H groups in total. The summed E-state index contributed by atoms with van der Waals surface area (Å²) in [6.07, 6.45) is 0. The third-order valence-electron chi connectivity index (χ3n) is 4.12. The van der Waals surface area contributed by atoms with Gasteiger partial charge < -0.3 is 14.8 Å². The Labute approximate surface area is 166 Å². The highest BCUT2D eigenvalue weighted by Gasteiger charge is 2.13. The fourth-order valence-electron chi connectivity index (χ4n) is 2.84. The largest absolute Gasteiger partial charge is 0.493 e. The zero-order valence-electron chi connectivity index (χ0n) is 16.3. The number of halogens is 1. The van der Waals surface area contributed by atoms with Crippen molar-refractivity contribution in [2.75, 3.05) is 27.3 Å². The number of methoxy groups -OCH3 is 1. The number of nitrogens with one attached hydrogen (secondary N) is 1. The number of ether oxygens (including phenoxy) is 2. The molecule has 0 aliphatic rings. The summed E-state index contributed by atoms with van der Waals surface area (Å²) < 4.78 is 10.9. The summed E-state index contributed by atoms with van der Waals surface area (Å²) in [7, 11) is 3.53. The lowest BCUT2D eigenvalue weighted by atomic mass is 10.1. The Bertz CT molecular complexity index is 767. The lowest BCUT2D eigenvalue weighted by Crippen LogP contribution is -2.36. The van der Waals surface area contributed by atoms with E-state index in [1.807, 2.05) is 68.3 Å². The maximum absolute atomic E-state index is 12.3. The summed E-state index contributed by atoms with van der Waals surface area (Å²) in [5.74, 6) is 1.38. The molecule has 0 radical (unpaired) electrons. The molecule has 0 spiro atoms. The average Bonchev–Trinajstić information content (AvgIpc) is 2.62. The number of likely N-dealkylation sites (N-methyl/N-ethyl adjacent to an activating group) is 1. The van der Waals surface area contributed by atoms with E-state index in [4.69, 9.17) is 21.1 Å². The monoisotopic (exact) mass is 390 g/mol. The normalized spacial score (nSPS) is 11.9. The van der Waals surface area contributed by atoms with Gasteiger partial charge in [-0.3, -0.25) is 9.69 Å². The van der Waals surface area contributed by atoms with Gasteiger partial charge in [0.15, 0.2) is 11.5 Å². The lowest BCUT2D eigenvalue weighted by Gasteiger charge is -2.20. The van der Waals surface area contributed by atoms with Crippen LogP contribution >= 0.6 is 11.6 Å². The molecular weight excluding hydrogens is 364 g/mol. The van der Waals surface area contributed by atoms with Crippen molar-refractivity contribution in [3.63, 3.8) is 0 Å². The number of carbonyl (C=O) groups excluding carboxylic acids is 1. The maximum Gasteiger partial charge on any atom is 0.234 e. The fraction of sp³-hybridized carbons (Fsp3) is 0.381. The first-order valence-corrected chi connectivity index (χ1v) is 9.33. The van der Waals surface area contributed by atoms with Crippen LogP contribution in [0.25, 0.3) is 0 Å². The topological polar surface area (TPSA) is 50.8 Å². The second-order valence-electron chi connectivity index (χ2n) is 6.43. The van der Waals surface area contributed by atoms with E-state index in [1.165, 1.54) is 0 Å². The molecule has 2 aromatic rings. The first kappa shape index (κ1) is 21.1. The molecule has 0 aromatic heterocycles. The molecule has 2 rings (SSSR count). The summed E-state index contributed by atoms with van der Waals surface area (Å²) in [5.41, 5.74) is 2.03. The maximum atomic E-state index is 12.3. The number of amides is 1. The Morgan fingerprint density at radius 1 is 1.22 bits per heavy atom. The number of hydrogen-bond donors (Lipinski definition) is 1. The van der Waals surface area contributed by atoms with Crippen LogP contribution in [0.15, 0.2) is 42.5 Å². The van der Waals surface area contributed by atoms with Crippen molar-refractivity contribution in [2.45, 2.75) is 26.4 Å². The van der Waals surface area contributed by atoms with Crippen LogP contribution in [-0.2, 0) is 11.3 Å². The summed E-state index contributed by atoms with van der Waals surface area (Å²) in [5, 5.41) is 3.67. The molecule has 0 aliphatic heterocycles. The van der Waals surface area contributed by atoms with Crippen molar-refractivity contribution in [1.82, 2.24) is 10.2 Å². The molecule has 1 atom stereocenters. The van der Waals surface area contributed by atoms with Gasteiger partial charge in [-0.2, -0.15) is 0 Å². The molecule has 0 saturated carbocycles. The lowest BCUT2D eigenvalue weighted by molar-refractivity contribution is -0.122. The number of benzene rings is 2. The summed E-state index contributed by atoms with van der Waals surface area (Å²) >= 11 is 6.02. The van der Waals surface area contributed by atoms with Crippen LogP contribution in [0, 0.1) is 0 Å². The molecule has 5 nitrogen and oxygen atoms in total. The van der Waals surface area contributed by atoms with Gasteiger partial charge in [0, 0.05) is 11.6 Å². The summed E-state index contributed by atoms with van der Waals surface area (Å²) in [4.78, 5) is 14.3. The number of rotatable bonds is 9. The molecule has 146 valence electrons. The summed E-state index contributed by atoms with van der Waals surface area (Å²) in [6, 6.07) is 13.2. The number of hydrogen-bond acceptors (Lipinski definition) is 4. The van der Waals surface area contributed by atoms with Crippen LogP contribution in [0.2, 0.25) is 5.02 Å². The molecule has 6 heteroatoms. The van der Waals surface area contributed by atoms with E-state index in [0.29, 0.717) is 30.5 Å². The Kier molecular flexibility index (Phi) is 7.95. The Balaban J connectivity index is 1.91. The SMILES string of the molecule is CCOc1ccc(CN(C)CC(=O)NC(C)c2cccc(Cl)c2)cc1OC. The quantitative estimate of drug-likeness (QED) is 0.701. The standard InChI is InChI=1S/C21H27ClN2O3/c1-5-27-19-10-9-16(11-20(19)26-4)13-24(3)14-21(25)23-15(2)17-7-6-8-18(22)12-17/h6-12,15H,5,13-14H2,1-4H3,(H,23,25). The van der Waals surface area contributed by atoms with Crippen molar-refractivity contribution < 1.29 is 14.3 Å². The van der Waals surface area contributed by atoms with E-state index in [2.05, 4.69) is 5.32 Å². The molecule has 0 fully saturated rings. The van der Waals surface area contributed by atoms with Crippen molar-refractivity contribution in [1.29, 1.82) is 0 Å². The molecule has 0 bridgehead atoms. The van der Waals surface area contributed by atoms with Crippen molar-refractivity contribution in [2.24, 2.45) is 0 Å². The van der Waals surface area contributed by atoms with Gasteiger partial charge in [0.1, 0.15) is 0 Å². The number of nitrogens with zero attached hydrogens (tertiary/aromatic N) is 1. The molecule has 1 unspecified atom stereocenters. The molecule has 27 heavy (non-hydrogen) atoms. The van der Waals surface area contributed by atoms with Crippen LogP contribution < -0.4 is 14.8 Å². The fourth-order valence-corrected chi connectivity index (χ4v) is 3.04. The minimum Gasteiger partial charge on any atom is -0.493 e. The van der Waals surface area contributed by atoms with Gasteiger partial charge in [0.2, 0.25) is 5.91 Å². The van der Waals surface area contributed by atoms with Crippen LogP contribution in [0.5, 0.6) is 11.5 Å².